The van der Waals surface area contributed by atoms with E-state index in [4.69, 9.17) is 0 Å². The third kappa shape index (κ3) is 5.45. The predicted molar refractivity (Wildman–Crippen MR) is 108 cm³/mol. The summed E-state index contributed by atoms with van der Waals surface area (Å²) in [6, 6.07) is 4.86. The van der Waals surface area contributed by atoms with Crippen LogP contribution >= 0.6 is 0 Å². The Labute approximate surface area is 162 Å². The summed E-state index contributed by atoms with van der Waals surface area (Å²) in [5.74, 6) is 0.300. The lowest BCUT2D eigenvalue weighted by Crippen LogP contribution is -2.58. The van der Waals surface area contributed by atoms with Gasteiger partial charge in [0, 0.05) is 17.8 Å². The van der Waals surface area contributed by atoms with E-state index in [9.17, 15) is 14.7 Å². The first-order valence-electron chi connectivity index (χ1n) is 9.68. The topological polar surface area (TPSA) is 90.5 Å². The molecule has 3 amide bonds. The largest absolute Gasteiger partial charge is 0.394 e. The third-order valence-corrected chi connectivity index (χ3v) is 5.21. The fraction of sp³-hybridized carbons (Fsp3) is 0.619. The van der Waals surface area contributed by atoms with E-state index < -0.39 is 5.54 Å². The van der Waals surface area contributed by atoms with Crippen molar-refractivity contribution in [2.45, 2.75) is 59.4 Å². The first-order chi connectivity index (χ1) is 12.6. The number of rotatable bonds is 5. The van der Waals surface area contributed by atoms with Gasteiger partial charge in [-0.05, 0) is 68.2 Å². The highest BCUT2D eigenvalue weighted by Crippen LogP contribution is 2.43. The number of aliphatic hydroxyl groups is 1. The van der Waals surface area contributed by atoms with Gasteiger partial charge in [0.25, 0.3) is 5.91 Å². The number of nitrogens with one attached hydrogen (secondary N) is 3. The highest BCUT2D eigenvalue weighted by molar-refractivity contribution is 5.96. The van der Waals surface area contributed by atoms with Crippen molar-refractivity contribution in [3.05, 3.63) is 29.3 Å². The molecule has 1 fully saturated rings. The van der Waals surface area contributed by atoms with Crippen LogP contribution in [-0.2, 0) is 0 Å². The number of carbonyl (C=O) groups excluding carboxylic acids is 2. The molecule has 27 heavy (non-hydrogen) atoms. The van der Waals surface area contributed by atoms with E-state index in [2.05, 4.69) is 36.7 Å². The van der Waals surface area contributed by atoms with E-state index in [1.54, 1.807) is 18.2 Å². The van der Waals surface area contributed by atoms with Crippen LogP contribution in [0.3, 0.4) is 0 Å². The Morgan fingerprint density at radius 2 is 1.96 bits per heavy atom. The van der Waals surface area contributed by atoms with Gasteiger partial charge in [0.15, 0.2) is 0 Å². The Morgan fingerprint density at radius 1 is 1.26 bits per heavy atom. The normalized spacial score (nSPS) is 24.1. The van der Waals surface area contributed by atoms with E-state index in [0.29, 0.717) is 23.7 Å². The molecule has 1 aliphatic carbocycles. The van der Waals surface area contributed by atoms with E-state index in [1.165, 1.54) is 0 Å². The van der Waals surface area contributed by atoms with Gasteiger partial charge in [-0.3, -0.25) is 4.79 Å². The van der Waals surface area contributed by atoms with Crippen molar-refractivity contribution in [2.24, 2.45) is 11.3 Å². The minimum Gasteiger partial charge on any atom is -0.394 e. The van der Waals surface area contributed by atoms with Crippen molar-refractivity contribution >= 4 is 17.6 Å². The van der Waals surface area contributed by atoms with Gasteiger partial charge in [-0.1, -0.05) is 20.8 Å². The molecule has 0 heterocycles. The molecule has 0 spiro atoms. The molecule has 6 heteroatoms. The molecule has 1 aliphatic rings. The van der Waals surface area contributed by atoms with E-state index in [1.807, 2.05) is 13.8 Å². The highest BCUT2D eigenvalue weighted by Gasteiger charge is 2.43. The summed E-state index contributed by atoms with van der Waals surface area (Å²) in [6.07, 6.45) is 2.58. The van der Waals surface area contributed by atoms with Crippen LogP contribution in [0.2, 0.25) is 0 Å². The Balaban J connectivity index is 2.09. The zero-order chi connectivity index (χ0) is 20.2. The molecule has 1 aromatic rings. The highest BCUT2D eigenvalue weighted by atomic mass is 16.3. The molecule has 0 aromatic heterocycles. The van der Waals surface area contributed by atoms with Crippen LogP contribution in [0.25, 0.3) is 0 Å². The van der Waals surface area contributed by atoms with Crippen molar-refractivity contribution < 1.29 is 14.7 Å². The Bertz CT molecular complexity index is 702. The average Bonchev–Trinajstić information content (AvgIpc) is 2.54. The lowest BCUT2D eigenvalue weighted by molar-refractivity contribution is 0.0446. The molecular formula is C21H33N3O3. The van der Waals surface area contributed by atoms with Gasteiger partial charge >= 0.3 is 6.03 Å². The average molecular weight is 376 g/mol. The monoisotopic (exact) mass is 375 g/mol. The number of hydrogen-bond donors (Lipinski definition) is 4. The Kier molecular flexibility index (Phi) is 6.52. The van der Waals surface area contributed by atoms with Crippen LogP contribution in [0.1, 0.15) is 62.9 Å². The van der Waals surface area contributed by atoms with Crippen LogP contribution < -0.4 is 16.0 Å². The van der Waals surface area contributed by atoms with Gasteiger partial charge in [-0.25, -0.2) is 4.79 Å². The Hall–Kier alpha value is -2.08. The summed E-state index contributed by atoms with van der Waals surface area (Å²) in [7, 11) is 0. The number of carbonyl (C=O) groups is 2. The fourth-order valence-electron chi connectivity index (χ4n) is 4.60. The summed E-state index contributed by atoms with van der Waals surface area (Å²) in [5.41, 5.74) is 1.48. The molecule has 0 bridgehead atoms. The third-order valence-electron chi connectivity index (χ3n) is 5.21. The predicted octanol–water partition coefficient (Wildman–Crippen LogP) is 3.44. The number of benzene rings is 1. The smallest absolute Gasteiger partial charge is 0.319 e. The maximum absolute atomic E-state index is 12.6. The molecule has 0 aliphatic heterocycles. The molecule has 0 unspecified atom stereocenters. The molecule has 4 N–H and O–H groups in total. The number of hydrogen-bond acceptors (Lipinski definition) is 3. The van der Waals surface area contributed by atoms with Crippen LogP contribution in [0.4, 0.5) is 10.5 Å². The first-order valence-corrected chi connectivity index (χ1v) is 9.68. The second-order valence-electron chi connectivity index (χ2n) is 8.76. The van der Waals surface area contributed by atoms with Crippen molar-refractivity contribution in [3.8, 4) is 0 Å². The van der Waals surface area contributed by atoms with Gasteiger partial charge in [0.05, 0.1) is 12.1 Å². The Morgan fingerprint density at radius 3 is 2.52 bits per heavy atom. The van der Waals surface area contributed by atoms with Crippen LogP contribution in [0.15, 0.2) is 18.2 Å². The van der Waals surface area contributed by atoms with Gasteiger partial charge in [0.2, 0.25) is 0 Å². The van der Waals surface area contributed by atoms with E-state index in [-0.39, 0.29) is 24.0 Å². The number of aryl methyl sites for hydroxylation is 1. The van der Waals surface area contributed by atoms with Gasteiger partial charge in [-0.15, -0.1) is 0 Å². The van der Waals surface area contributed by atoms with Crippen molar-refractivity contribution in [1.29, 1.82) is 0 Å². The van der Waals surface area contributed by atoms with E-state index >= 15 is 0 Å². The maximum Gasteiger partial charge on any atom is 0.319 e. The lowest BCUT2D eigenvalue weighted by atomic mass is 9.64. The van der Waals surface area contributed by atoms with Crippen LogP contribution in [-0.4, -0.2) is 35.7 Å². The van der Waals surface area contributed by atoms with Gasteiger partial charge < -0.3 is 21.1 Å². The summed E-state index contributed by atoms with van der Waals surface area (Å²) < 4.78 is 0. The first kappa shape index (κ1) is 21.2. The summed E-state index contributed by atoms with van der Waals surface area (Å²) in [4.78, 5) is 24.6. The van der Waals surface area contributed by atoms with Gasteiger partial charge in [0.1, 0.15) is 0 Å². The number of amides is 3. The molecule has 1 aromatic carbocycles. The van der Waals surface area contributed by atoms with E-state index in [0.717, 1.165) is 24.8 Å². The molecular weight excluding hydrogens is 342 g/mol. The summed E-state index contributed by atoms with van der Waals surface area (Å²) in [6.45, 7) is 10.7. The van der Waals surface area contributed by atoms with Gasteiger partial charge in [-0.2, -0.15) is 0 Å². The lowest BCUT2D eigenvalue weighted by Gasteiger charge is -2.47. The molecule has 0 radical (unpaired) electrons. The fourth-order valence-corrected chi connectivity index (χ4v) is 4.60. The van der Waals surface area contributed by atoms with Crippen LogP contribution in [0, 0.1) is 18.3 Å². The minimum absolute atomic E-state index is 0.0673. The molecule has 6 nitrogen and oxygen atoms in total. The molecule has 150 valence electrons. The second-order valence-corrected chi connectivity index (χ2v) is 8.76. The van der Waals surface area contributed by atoms with Crippen LogP contribution in [0.5, 0.6) is 0 Å². The summed E-state index contributed by atoms with van der Waals surface area (Å²) >= 11 is 0. The molecule has 2 rings (SSSR count). The maximum atomic E-state index is 12.6. The standard InChI is InChI=1S/C21H33N3O3/c1-6-22-18(26)16-7-8-17(15(3)9-16)23-19(27)24-21(13-25)11-14(2)10-20(4,5)12-21/h7-9,14,25H,6,10-13H2,1-5H3,(H,22,26)(H2,23,24,27)/t14-,21-/m1/s1. The number of urea groups is 1. The zero-order valence-electron chi connectivity index (χ0n) is 17.1. The quantitative estimate of drug-likeness (QED) is 0.635. The SMILES string of the molecule is CCNC(=O)c1ccc(NC(=O)N[C@]2(CO)C[C@H](C)CC(C)(C)C2)c(C)c1. The van der Waals surface area contributed by atoms with Crippen molar-refractivity contribution in [2.75, 3.05) is 18.5 Å². The van der Waals surface area contributed by atoms with Crippen molar-refractivity contribution in [3.63, 3.8) is 0 Å². The number of anilines is 1. The molecule has 0 saturated heterocycles. The summed E-state index contributed by atoms with van der Waals surface area (Å²) in [5, 5.41) is 18.7. The molecule has 2 atom stereocenters. The minimum atomic E-state index is -0.611. The molecule has 1 saturated carbocycles. The zero-order valence-corrected chi connectivity index (χ0v) is 17.1. The van der Waals surface area contributed by atoms with Crippen molar-refractivity contribution in [1.82, 2.24) is 10.6 Å². The second kappa shape index (κ2) is 8.30. The number of aliphatic hydroxyl groups excluding tert-OH is 1.